The minimum absolute atomic E-state index is 0.199. The van der Waals surface area contributed by atoms with Crippen LogP contribution in [0, 0.1) is 0 Å². The summed E-state index contributed by atoms with van der Waals surface area (Å²) < 4.78 is 11.6. The second kappa shape index (κ2) is 8.09. The van der Waals surface area contributed by atoms with Gasteiger partial charge < -0.3 is 9.47 Å². The molecule has 1 unspecified atom stereocenters. The summed E-state index contributed by atoms with van der Waals surface area (Å²) in [4.78, 5) is 12.7. The Morgan fingerprint density at radius 3 is 1.92 bits per heavy atom. The summed E-state index contributed by atoms with van der Waals surface area (Å²) in [7, 11) is 0. The van der Waals surface area contributed by atoms with Gasteiger partial charge in [0.25, 0.3) is 6.29 Å². The number of benzene rings is 3. The van der Waals surface area contributed by atoms with Crippen molar-refractivity contribution in [2.45, 2.75) is 12.9 Å². The number of ether oxygens (including phenoxy) is 2. The highest BCUT2D eigenvalue weighted by Crippen LogP contribution is 2.16. The van der Waals surface area contributed by atoms with Crippen LogP contribution in [0.4, 0.5) is 0 Å². The van der Waals surface area contributed by atoms with Crippen molar-refractivity contribution in [1.29, 1.82) is 0 Å². The van der Waals surface area contributed by atoms with Gasteiger partial charge in [0, 0.05) is 5.56 Å². The summed E-state index contributed by atoms with van der Waals surface area (Å²) in [5.74, 6) is 0.398. The van der Waals surface area contributed by atoms with Gasteiger partial charge in [-0.15, -0.1) is 0 Å². The first kappa shape index (κ1) is 16.0. The zero-order valence-corrected chi connectivity index (χ0v) is 13.2. The average molecular weight is 318 g/mol. The Labute approximate surface area is 141 Å². The van der Waals surface area contributed by atoms with Crippen molar-refractivity contribution in [2.75, 3.05) is 0 Å². The lowest BCUT2D eigenvalue weighted by molar-refractivity contribution is -0.0642. The number of rotatable bonds is 7. The lowest BCUT2D eigenvalue weighted by atomic mass is 10.1. The molecular weight excluding hydrogens is 300 g/mol. The van der Waals surface area contributed by atoms with Crippen LogP contribution in [0.3, 0.4) is 0 Å². The third-order valence-corrected chi connectivity index (χ3v) is 3.50. The van der Waals surface area contributed by atoms with Crippen LogP contribution >= 0.6 is 0 Å². The van der Waals surface area contributed by atoms with Crippen molar-refractivity contribution in [3.63, 3.8) is 0 Å². The van der Waals surface area contributed by atoms with Gasteiger partial charge in [-0.05, 0) is 17.7 Å². The normalized spacial score (nSPS) is 11.7. The van der Waals surface area contributed by atoms with Gasteiger partial charge in [0.05, 0.1) is 6.61 Å². The average Bonchev–Trinajstić information content (AvgIpc) is 2.67. The molecule has 3 aromatic carbocycles. The Balaban J connectivity index is 1.76. The highest BCUT2D eigenvalue weighted by atomic mass is 16.7. The topological polar surface area (TPSA) is 35.5 Å². The highest BCUT2D eigenvalue weighted by Gasteiger charge is 2.22. The Kier molecular flexibility index (Phi) is 5.38. The summed E-state index contributed by atoms with van der Waals surface area (Å²) >= 11 is 0. The number of Topliss-reactive ketones (excluding diaryl/α,β-unsaturated/α-hetero) is 1. The van der Waals surface area contributed by atoms with E-state index >= 15 is 0 Å². The smallest absolute Gasteiger partial charge is 0.264 e. The van der Waals surface area contributed by atoms with E-state index in [1.54, 1.807) is 24.3 Å². The standard InChI is InChI=1S/C21H18O3/c22-20(18-12-6-2-7-13-18)21(24-19-14-8-3-9-15-19)23-16-17-10-4-1-5-11-17/h1-15,21H,16H2. The molecule has 0 aliphatic heterocycles. The number of hydrogen-bond donors (Lipinski definition) is 0. The van der Waals surface area contributed by atoms with Crippen molar-refractivity contribution in [3.05, 3.63) is 102 Å². The number of carbonyl (C=O) groups is 1. The predicted octanol–water partition coefficient (Wildman–Crippen LogP) is 4.49. The van der Waals surface area contributed by atoms with Gasteiger partial charge in [0.1, 0.15) is 5.75 Å². The van der Waals surface area contributed by atoms with Gasteiger partial charge in [0.15, 0.2) is 0 Å². The molecule has 0 N–H and O–H groups in total. The number of hydrogen-bond acceptors (Lipinski definition) is 3. The van der Waals surface area contributed by atoms with Crippen molar-refractivity contribution >= 4 is 5.78 Å². The van der Waals surface area contributed by atoms with Crippen LogP contribution in [0.1, 0.15) is 15.9 Å². The fourth-order valence-corrected chi connectivity index (χ4v) is 2.27. The summed E-state index contributed by atoms with van der Waals surface area (Å²) in [6.07, 6.45) is -0.991. The van der Waals surface area contributed by atoms with E-state index in [2.05, 4.69) is 0 Å². The lowest BCUT2D eigenvalue weighted by Gasteiger charge is -2.18. The maximum absolute atomic E-state index is 12.7. The van der Waals surface area contributed by atoms with Crippen LogP contribution in [0.5, 0.6) is 5.75 Å². The first-order valence-electron chi connectivity index (χ1n) is 7.79. The summed E-state index contributed by atoms with van der Waals surface area (Å²) in [6.45, 7) is 0.302. The monoisotopic (exact) mass is 318 g/mol. The molecule has 0 saturated heterocycles. The second-order valence-electron chi connectivity index (χ2n) is 5.29. The Morgan fingerprint density at radius 2 is 1.29 bits per heavy atom. The maximum atomic E-state index is 12.7. The van der Waals surface area contributed by atoms with Crippen LogP contribution in [-0.2, 0) is 11.3 Å². The van der Waals surface area contributed by atoms with Crippen LogP contribution in [0.25, 0.3) is 0 Å². The molecule has 0 bridgehead atoms. The molecule has 0 radical (unpaired) electrons. The van der Waals surface area contributed by atoms with Crippen LogP contribution in [0.15, 0.2) is 91.0 Å². The quantitative estimate of drug-likeness (QED) is 0.475. The van der Waals surface area contributed by atoms with E-state index in [0.29, 0.717) is 17.9 Å². The fraction of sp³-hybridized carbons (Fsp3) is 0.0952. The first-order chi connectivity index (χ1) is 11.8. The molecule has 3 nitrogen and oxygen atoms in total. The number of carbonyl (C=O) groups excluding carboxylic acids is 1. The molecule has 0 amide bonds. The van der Waals surface area contributed by atoms with Gasteiger partial charge >= 0.3 is 0 Å². The molecule has 3 heteroatoms. The molecule has 0 aromatic heterocycles. The Morgan fingerprint density at radius 1 is 0.750 bits per heavy atom. The van der Waals surface area contributed by atoms with E-state index in [1.165, 1.54) is 0 Å². The van der Waals surface area contributed by atoms with Crippen molar-refractivity contribution in [1.82, 2.24) is 0 Å². The van der Waals surface area contributed by atoms with E-state index in [4.69, 9.17) is 9.47 Å². The minimum atomic E-state index is -0.991. The number of para-hydroxylation sites is 1. The highest BCUT2D eigenvalue weighted by molar-refractivity contribution is 5.98. The molecule has 0 aliphatic carbocycles. The zero-order valence-electron chi connectivity index (χ0n) is 13.2. The summed E-state index contributed by atoms with van der Waals surface area (Å²) in [6, 6.07) is 28.0. The van der Waals surface area contributed by atoms with Crippen LogP contribution in [-0.4, -0.2) is 12.1 Å². The third kappa shape index (κ3) is 4.31. The molecule has 0 aliphatic rings. The van der Waals surface area contributed by atoms with Gasteiger partial charge in [-0.3, -0.25) is 4.79 Å². The molecule has 3 aromatic rings. The lowest BCUT2D eigenvalue weighted by Crippen LogP contribution is -2.30. The molecule has 24 heavy (non-hydrogen) atoms. The summed E-state index contributed by atoms with van der Waals surface area (Å²) in [5.41, 5.74) is 1.55. The van der Waals surface area contributed by atoms with Crippen LogP contribution in [0.2, 0.25) is 0 Å². The molecule has 0 fully saturated rings. The van der Waals surface area contributed by atoms with Crippen molar-refractivity contribution < 1.29 is 14.3 Å². The number of ketones is 1. The third-order valence-electron chi connectivity index (χ3n) is 3.50. The maximum Gasteiger partial charge on any atom is 0.264 e. The van der Waals surface area contributed by atoms with E-state index < -0.39 is 6.29 Å². The van der Waals surface area contributed by atoms with E-state index in [9.17, 15) is 4.79 Å². The van der Waals surface area contributed by atoms with Crippen molar-refractivity contribution in [3.8, 4) is 5.75 Å². The predicted molar refractivity (Wildman–Crippen MR) is 92.9 cm³/mol. The Bertz CT molecular complexity index is 755. The molecule has 120 valence electrons. The van der Waals surface area contributed by atoms with Gasteiger partial charge in [0.2, 0.25) is 5.78 Å². The molecule has 0 saturated carbocycles. The van der Waals surface area contributed by atoms with E-state index in [-0.39, 0.29) is 5.78 Å². The molecule has 1 atom stereocenters. The van der Waals surface area contributed by atoms with E-state index in [1.807, 2.05) is 66.7 Å². The van der Waals surface area contributed by atoms with Gasteiger partial charge in [-0.25, -0.2) is 0 Å². The second-order valence-corrected chi connectivity index (χ2v) is 5.29. The zero-order chi connectivity index (χ0) is 16.6. The van der Waals surface area contributed by atoms with Crippen LogP contribution < -0.4 is 4.74 Å². The molecule has 3 rings (SSSR count). The fourth-order valence-electron chi connectivity index (χ4n) is 2.27. The minimum Gasteiger partial charge on any atom is -0.457 e. The van der Waals surface area contributed by atoms with Crippen molar-refractivity contribution in [2.24, 2.45) is 0 Å². The molecule has 0 spiro atoms. The summed E-state index contributed by atoms with van der Waals surface area (Å²) in [5, 5.41) is 0. The van der Waals surface area contributed by atoms with Gasteiger partial charge in [-0.2, -0.15) is 0 Å². The molecular formula is C21H18O3. The SMILES string of the molecule is O=C(c1ccccc1)C(OCc1ccccc1)Oc1ccccc1. The van der Waals surface area contributed by atoms with E-state index in [0.717, 1.165) is 5.56 Å². The first-order valence-corrected chi connectivity index (χ1v) is 7.79. The van der Waals surface area contributed by atoms with Gasteiger partial charge in [-0.1, -0.05) is 78.9 Å². The Hall–Kier alpha value is -2.91. The largest absolute Gasteiger partial charge is 0.457 e. The molecule has 0 heterocycles.